The van der Waals surface area contributed by atoms with E-state index in [2.05, 4.69) is 85.7 Å². The molecule has 4 fully saturated rings. The Bertz CT molecular complexity index is 1960. The predicted molar refractivity (Wildman–Crippen MR) is 258 cm³/mol. The highest BCUT2D eigenvalue weighted by molar-refractivity contribution is 5.69. The monoisotopic (exact) mass is 891 g/mol. The van der Waals surface area contributed by atoms with Gasteiger partial charge < -0.3 is 43.7 Å². The molecule has 0 radical (unpaired) electrons. The molecule has 1 amide bonds. The highest BCUT2D eigenvalue weighted by atomic mass is 16.6. The lowest BCUT2D eigenvalue weighted by Crippen LogP contribution is -2.42. The molecule has 4 aliphatic heterocycles. The molecule has 2 atom stereocenters. The summed E-state index contributed by atoms with van der Waals surface area (Å²) in [4.78, 5) is 28.0. The number of carbonyl (C=O) groups is 1. The number of rotatable bonds is 18. The van der Waals surface area contributed by atoms with Crippen molar-refractivity contribution in [3.63, 3.8) is 0 Å². The Morgan fingerprint density at radius 1 is 0.646 bits per heavy atom. The fraction of sp³-hybridized carbons (Fsp3) is 0.566. The summed E-state index contributed by atoms with van der Waals surface area (Å²) >= 11 is 0. The molecule has 12 nitrogen and oxygen atoms in total. The third kappa shape index (κ3) is 16.2. The number of amides is 1. The van der Waals surface area contributed by atoms with Gasteiger partial charge in [0.05, 0.1) is 55.4 Å². The van der Waals surface area contributed by atoms with Gasteiger partial charge in [-0.1, -0.05) is 60.7 Å². The number of nitrogens with zero attached hydrogens (tertiary/aromatic N) is 5. The van der Waals surface area contributed by atoms with E-state index in [1.807, 2.05) is 51.5 Å². The minimum absolute atomic E-state index is 0.0309. The lowest BCUT2D eigenvalue weighted by atomic mass is 9.94. The largest absolute Gasteiger partial charge is 0.490 e. The maximum absolute atomic E-state index is 12.5. The Morgan fingerprint density at radius 3 is 1.66 bits per heavy atom. The first kappa shape index (κ1) is 48.0. The number of nitrogens with one attached hydrogen (secondary N) is 1. The first-order valence-corrected chi connectivity index (χ1v) is 24.4. The van der Waals surface area contributed by atoms with Gasteiger partial charge in [-0.25, -0.2) is 4.79 Å². The quantitative estimate of drug-likeness (QED) is 0.0965. The van der Waals surface area contributed by atoms with Crippen molar-refractivity contribution in [2.24, 2.45) is 11.8 Å². The Kier molecular flexibility index (Phi) is 18.6. The Labute approximate surface area is 388 Å². The number of likely N-dealkylation sites (tertiary alicyclic amines) is 1. The summed E-state index contributed by atoms with van der Waals surface area (Å²) in [5.41, 5.74) is 4.27. The van der Waals surface area contributed by atoms with Gasteiger partial charge in [0.25, 0.3) is 0 Å². The minimum atomic E-state index is -0.494. The van der Waals surface area contributed by atoms with E-state index < -0.39 is 5.60 Å². The molecule has 0 unspecified atom stereocenters. The molecular weight excluding hydrogens is 817 g/mol. The van der Waals surface area contributed by atoms with Gasteiger partial charge in [0.15, 0.2) is 0 Å². The van der Waals surface area contributed by atoms with Crippen molar-refractivity contribution < 1.29 is 28.5 Å². The van der Waals surface area contributed by atoms with E-state index in [-0.39, 0.29) is 12.1 Å². The molecule has 0 aliphatic carbocycles. The van der Waals surface area contributed by atoms with E-state index in [0.717, 1.165) is 114 Å². The van der Waals surface area contributed by atoms with Crippen LogP contribution in [0.25, 0.3) is 0 Å². The molecule has 8 rings (SSSR count). The molecule has 0 bridgehead atoms. The lowest BCUT2D eigenvalue weighted by molar-refractivity contribution is 0.0187. The van der Waals surface area contributed by atoms with Crippen LogP contribution < -0.4 is 24.6 Å². The van der Waals surface area contributed by atoms with E-state index in [1.54, 1.807) is 11.1 Å². The smallest absolute Gasteiger partial charge is 0.410 e. The summed E-state index contributed by atoms with van der Waals surface area (Å²) in [6.07, 6.45) is 18.6. The Hall–Kier alpha value is -4.91. The molecule has 1 N–H and O–H groups in total. The number of pyridine rings is 2. The van der Waals surface area contributed by atoms with Crippen LogP contribution in [0.1, 0.15) is 96.1 Å². The van der Waals surface area contributed by atoms with Gasteiger partial charge in [-0.05, 0) is 114 Å². The van der Waals surface area contributed by atoms with Crippen LogP contribution in [-0.2, 0) is 27.4 Å². The number of ether oxygens (including phenoxy) is 5. The predicted octanol–water partition coefficient (Wildman–Crippen LogP) is 9.72. The van der Waals surface area contributed by atoms with Crippen LogP contribution >= 0.6 is 0 Å². The van der Waals surface area contributed by atoms with E-state index in [1.165, 1.54) is 42.5 Å². The molecule has 4 aliphatic rings. The number of hydrogen-bond donors (Lipinski definition) is 1. The lowest BCUT2D eigenvalue weighted by Gasteiger charge is -2.33. The van der Waals surface area contributed by atoms with Crippen molar-refractivity contribution >= 4 is 17.5 Å². The summed E-state index contributed by atoms with van der Waals surface area (Å²) in [5, 5.41) is 3.47. The zero-order chi connectivity index (χ0) is 45.1. The molecule has 0 saturated carbocycles. The van der Waals surface area contributed by atoms with Crippen molar-refractivity contribution in [3.8, 4) is 11.5 Å². The van der Waals surface area contributed by atoms with Crippen molar-refractivity contribution in [3.05, 3.63) is 109 Å². The number of carbonyl (C=O) groups excluding carboxylic acids is 1. The Balaban J connectivity index is 0.000000198. The van der Waals surface area contributed by atoms with Crippen LogP contribution in [0.15, 0.2) is 97.6 Å². The van der Waals surface area contributed by atoms with Crippen LogP contribution in [0.3, 0.4) is 0 Å². The van der Waals surface area contributed by atoms with Crippen LogP contribution in [0.4, 0.5) is 16.2 Å². The second kappa shape index (κ2) is 25.1. The molecule has 6 heterocycles. The SMILES string of the molecule is CC(C)(C)OC(=O)N1CCC[C@H]1COc1cncc(N2CCC(CCOCc3ccccc3)CC2)c1.c1ccc(COCCC2CCN(c3cncc(OC[C@@H]4CCCN4)c3)CC2)cc1. The third-order valence-corrected chi connectivity index (χ3v) is 13.0. The standard InChI is InChI=1S/C29H41N3O4.C24H33N3O2/c1-29(2,3)36-28(33)32-14-7-10-25(32)22-35-27-18-26(19-30-20-27)31-15-11-23(12-16-31)13-17-34-21-24-8-5-4-6-9-24;1-2-5-21(6-3-1)18-28-14-10-20-8-12-27(13-9-20)23-15-24(17-25-16-23)29-19-22-7-4-11-26-22/h4-6,8-9,18-20,23,25H,7,10-17,21-22H2,1-3H3;1-3,5-6,15-17,20,22,26H,4,7-14,18-19H2/t25-;22-/m00/s1. The van der Waals surface area contributed by atoms with Gasteiger partial charge in [-0.2, -0.15) is 0 Å². The van der Waals surface area contributed by atoms with E-state index in [9.17, 15) is 4.79 Å². The first-order valence-electron chi connectivity index (χ1n) is 24.4. The number of hydrogen-bond acceptors (Lipinski definition) is 11. The molecule has 4 saturated heterocycles. The molecule has 12 heteroatoms. The topological polar surface area (TPSA) is 111 Å². The average Bonchev–Trinajstić information content (AvgIpc) is 4.05. The summed E-state index contributed by atoms with van der Waals surface area (Å²) < 4.78 is 29.4. The number of piperidine rings is 2. The first-order chi connectivity index (χ1) is 31.7. The fourth-order valence-electron chi connectivity index (χ4n) is 9.16. The van der Waals surface area contributed by atoms with E-state index in [4.69, 9.17) is 23.7 Å². The molecule has 4 aromatic rings. The molecule has 352 valence electrons. The van der Waals surface area contributed by atoms with E-state index in [0.29, 0.717) is 38.3 Å². The normalized spacial score (nSPS) is 19.5. The summed E-state index contributed by atoms with van der Waals surface area (Å²) in [6, 6.07) is 25.5. The van der Waals surface area contributed by atoms with Crippen LogP contribution in [0.5, 0.6) is 11.5 Å². The molecule has 65 heavy (non-hydrogen) atoms. The van der Waals surface area contributed by atoms with Crippen molar-refractivity contribution in [2.45, 2.75) is 116 Å². The van der Waals surface area contributed by atoms with Gasteiger partial charge in [0.2, 0.25) is 0 Å². The number of anilines is 2. The van der Waals surface area contributed by atoms with Crippen molar-refractivity contribution in [1.82, 2.24) is 20.2 Å². The van der Waals surface area contributed by atoms with Crippen molar-refractivity contribution in [1.29, 1.82) is 0 Å². The summed E-state index contributed by atoms with van der Waals surface area (Å²) in [7, 11) is 0. The molecule has 2 aromatic heterocycles. The number of aromatic nitrogens is 2. The van der Waals surface area contributed by atoms with Crippen LogP contribution in [-0.4, -0.2) is 104 Å². The highest BCUT2D eigenvalue weighted by Gasteiger charge is 2.33. The second-order valence-corrected chi connectivity index (χ2v) is 19.2. The second-order valence-electron chi connectivity index (χ2n) is 19.2. The molecule has 0 spiro atoms. The zero-order valence-corrected chi connectivity index (χ0v) is 39.3. The maximum Gasteiger partial charge on any atom is 0.410 e. The van der Waals surface area contributed by atoms with Gasteiger partial charge in [0, 0.05) is 64.1 Å². The number of benzene rings is 2. The van der Waals surface area contributed by atoms with Crippen molar-refractivity contribution in [2.75, 3.05) is 75.5 Å². The summed E-state index contributed by atoms with van der Waals surface area (Å²) in [5.74, 6) is 3.08. The average molecular weight is 891 g/mol. The van der Waals surface area contributed by atoms with Gasteiger partial charge in [0.1, 0.15) is 30.3 Å². The van der Waals surface area contributed by atoms with Gasteiger partial charge in [-0.3, -0.25) is 9.97 Å². The molecular formula is C53H74N6O6. The fourth-order valence-corrected chi connectivity index (χ4v) is 9.16. The van der Waals surface area contributed by atoms with E-state index >= 15 is 0 Å². The third-order valence-electron chi connectivity index (χ3n) is 13.0. The Morgan fingerprint density at radius 2 is 1.17 bits per heavy atom. The summed E-state index contributed by atoms with van der Waals surface area (Å²) in [6.45, 7) is 16.0. The minimum Gasteiger partial charge on any atom is -0.490 e. The molecule has 2 aromatic carbocycles. The zero-order valence-electron chi connectivity index (χ0n) is 39.3. The highest BCUT2D eigenvalue weighted by Crippen LogP contribution is 2.30. The van der Waals surface area contributed by atoms with Gasteiger partial charge >= 0.3 is 6.09 Å². The van der Waals surface area contributed by atoms with Crippen LogP contribution in [0, 0.1) is 11.8 Å². The van der Waals surface area contributed by atoms with Crippen LogP contribution in [0.2, 0.25) is 0 Å². The van der Waals surface area contributed by atoms with Gasteiger partial charge in [-0.15, -0.1) is 0 Å². The maximum atomic E-state index is 12.5.